The highest BCUT2D eigenvalue weighted by molar-refractivity contribution is 6.39. The Balaban J connectivity index is 1.79. The van der Waals surface area contributed by atoms with Crippen molar-refractivity contribution < 1.29 is 53.1 Å². The number of ketones is 2. The first-order valence-corrected chi connectivity index (χ1v) is 22.8. The van der Waals surface area contributed by atoms with Gasteiger partial charge in [0, 0.05) is 52.0 Å². The first-order valence-electron chi connectivity index (χ1n) is 22.8. The van der Waals surface area contributed by atoms with E-state index in [2.05, 4.69) is 12.7 Å². The van der Waals surface area contributed by atoms with E-state index >= 15 is 0 Å². The van der Waals surface area contributed by atoms with Gasteiger partial charge in [0.05, 0.1) is 30.5 Å². The van der Waals surface area contributed by atoms with Crippen molar-refractivity contribution in [1.29, 1.82) is 0 Å². The van der Waals surface area contributed by atoms with E-state index in [1.54, 1.807) is 41.3 Å². The molecular formula is C50H75NO11. The number of carbonyl (C=O) groups is 4. The second kappa shape index (κ2) is 24.5. The molecule has 0 aromatic heterocycles. The molecule has 0 unspecified atom stereocenters. The molecule has 4 rings (SSSR count). The van der Waals surface area contributed by atoms with Crippen LogP contribution in [0, 0.1) is 23.7 Å². The minimum absolute atomic E-state index is 0.104. The molecule has 3 aliphatic heterocycles. The molecule has 2 saturated heterocycles. The molecule has 12 heteroatoms. The molecule has 12 atom stereocenters. The summed E-state index contributed by atoms with van der Waals surface area (Å²) in [7, 11) is 4.88. The monoisotopic (exact) mass is 866 g/mol. The first-order chi connectivity index (χ1) is 29.6. The maximum Gasteiger partial charge on any atom is 0.329 e. The lowest BCUT2D eigenvalue weighted by molar-refractivity contribution is -0.287. The normalized spacial score (nSPS) is 36.8. The Morgan fingerprint density at radius 2 is 1.69 bits per heavy atom. The molecule has 0 aromatic carbocycles. The number of amides is 1. The van der Waals surface area contributed by atoms with Crippen molar-refractivity contribution in [3.8, 4) is 0 Å². The Hall–Kier alpha value is -3.52. The lowest BCUT2D eigenvalue weighted by Crippen LogP contribution is -2.63. The second-order valence-corrected chi connectivity index (χ2v) is 18.1. The summed E-state index contributed by atoms with van der Waals surface area (Å²) in [5, 5.41) is 23.9. The predicted octanol–water partition coefficient (Wildman–Crippen LogP) is 7.48. The largest absolute Gasteiger partial charge is 0.456 e. The second-order valence-electron chi connectivity index (χ2n) is 18.1. The Kier molecular flexibility index (Phi) is 20.2. The fraction of sp³-hybridized carbons (Fsp3) is 0.680. The van der Waals surface area contributed by atoms with E-state index in [4.69, 9.17) is 23.7 Å². The molecule has 4 aliphatic rings. The number of hydrogen-bond acceptors (Lipinski definition) is 11. The Morgan fingerprint density at radius 1 is 0.952 bits per heavy atom. The smallest absolute Gasteiger partial charge is 0.329 e. The van der Waals surface area contributed by atoms with Crippen LogP contribution in [0.5, 0.6) is 0 Å². The molecule has 1 aliphatic carbocycles. The number of esters is 1. The summed E-state index contributed by atoms with van der Waals surface area (Å²) in [6.45, 7) is 13.1. The van der Waals surface area contributed by atoms with E-state index in [9.17, 15) is 29.4 Å². The topological polar surface area (TPSA) is 158 Å². The SMILES string of the molecule is C=C/C=C(\C=C/C)/C=C/C[C@@H]1/C=C(\C)C[C@H](OC)CC[C@H]2O[C@@](O)(C(=O)C(=O)N3CCCC[C@H]3C(=O)O[C@H](/C(C)=C/[C@@H]3CCC[C@H](OC)C3)[C@H](C)[C@@H](O)CC1=O)[C@H](C)C[C@@H]2OC. The van der Waals surface area contributed by atoms with E-state index in [1.165, 1.54) is 4.90 Å². The van der Waals surface area contributed by atoms with Gasteiger partial charge < -0.3 is 38.8 Å². The first kappa shape index (κ1) is 51.1. The third kappa shape index (κ3) is 13.5. The molecule has 1 saturated carbocycles. The van der Waals surface area contributed by atoms with E-state index < -0.39 is 71.7 Å². The summed E-state index contributed by atoms with van der Waals surface area (Å²) in [5.41, 5.74) is 2.56. The zero-order chi connectivity index (χ0) is 45.6. The Morgan fingerprint density at radius 3 is 2.37 bits per heavy atom. The maximum absolute atomic E-state index is 14.4. The molecule has 12 nitrogen and oxygen atoms in total. The number of carbonyl (C=O) groups excluding carboxylic acids is 4. The minimum atomic E-state index is -2.45. The summed E-state index contributed by atoms with van der Waals surface area (Å²) >= 11 is 0. The van der Waals surface area contributed by atoms with Gasteiger partial charge in [0.1, 0.15) is 17.9 Å². The standard InChI is InChI=1S/C50H75NO11/c1-10-16-36(17-11-2)18-14-20-38-26-32(3)27-40(59-8)23-24-44-45(60-9)29-34(5)50(57,62-44)47(54)48(55)51-25-13-12-22-41(51)49(56)61-46(35(6)42(52)31-43(38)53)33(4)28-37-19-15-21-39(30-37)58-7/h10-11,14,16-18,26,28,34-35,37-42,44-46,52,57H,1,12-13,15,19-25,27,29-31H2,2-9H3/b17-11-,18-14+,32-26+,33-28+,36-16+/t34-,35-,37+,38-,39+,40-,41+,42+,44-,45+,46-,50-/m1/s1. The van der Waals surface area contributed by atoms with Crippen molar-refractivity contribution in [1.82, 2.24) is 4.90 Å². The number of aliphatic hydroxyl groups excluding tert-OH is 1. The average Bonchev–Trinajstić information content (AvgIpc) is 3.26. The van der Waals surface area contributed by atoms with E-state index in [0.717, 1.165) is 42.4 Å². The Bertz CT molecular complexity index is 1700. The van der Waals surface area contributed by atoms with Crippen LogP contribution in [-0.2, 0) is 42.9 Å². The van der Waals surface area contributed by atoms with Crippen LogP contribution in [0.3, 0.4) is 0 Å². The number of aliphatic hydroxyl groups is 2. The van der Waals surface area contributed by atoms with Crippen LogP contribution in [0.1, 0.15) is 118 Å². The predicted molar refractivity (Wildman–Crippen MR) is 239 cm³/mol. The van der Waals surface area contributed by atoms with Gasteiger partial charge in [-0.25, -0.2) is 4.79 Å². The molecule has 3 heterocycles. The van der Waals surface area contributed by atoms with Gasteiger partial charge in [0.25, 0.3) is 11.7 Å². The number of rotatable bonds is 10. The number of piperidine rings is 1. The number of Topliss-reactive ketones (excluding diaryl/α,β-unsaturated/α-hetero) is 2. The number of cyclic esters (lactones) is 1. The van der Waals surface area contributed by atoms with Crippen LogP contribution in [0.25, 0.3) is 0 Å². The average molecular weight is 866 g/mol. The van der Waals surface area contributed by atoms with Gasteiger partial charge in [-0.1, -0.05) is 81.0 Å². The number of allylic oxidation sites excluding steroid dienone is 9. The van der Waals surface area contributed by atoms with Crippen molar-refractivity contribution in [2.75, 3.05) is 27.9 Å². The van der Waals surface area contributed by atoms with E-state index in [-0.39, 0.29) is 49.7 Å². The third-order valence-electron chi connectivity index (χ3n) is 13.5. The zero-order valence-electron chi connectivity index (χ0n) is 38.6. The summed E-state index contributed by atoms with van der Waals surface area (Å²) in [6.07, 6.45) is 18.7. The van der Waals surface area contributed by atoms with Crippen molar-refractivity contribution in [3.63, 3.8) is 0 Å². The van der Waals surface area contributed by atoms with Crippen LogP contribution in [0.15, 0.2) is 71.9 Å². The highest BCUT2D eigenvalue weighted by Crippen LogP contribution is 2.38. The highest BCUT2D eigenvalue weighted by atomic mass is 16.7. The number of fused-ring (bicyclic) bond motifs is 3. The minimum Gasteiger partial charge on any atom is -0.456 e. The van der Waals surface area contributed by atoms with Crippen molar-refractivity contribution in [3.05, 3.63) is 71.9 Å². The van der Waals surface area contributed by atoms with Gasteiger partial charge in [0.15, 0.2) is 0 Å². The van der Waals surface area contributed by atoms with Crippen LogP contribution in [-0.4, -0.2) is 115 Å². The van der Waals surface area contributed by atoms with Gasteiger partial charge in [-0.3, -0.25) is 14.4 Å². The molecule has 62 heavy (non-hydrogen) atoms. The molecule has 2 N–H and O–H groups in total. The zero-order valence-corrected chi connectivity index (χ0v) is 38.6. The number of methoxy groups -OCH3 is 3. The van der Waals surface area contributed by atoms with Crippen molar-refractivity contribution in [2.24, 2.45) is 23.7 Å². The van der Waals surface area contributed by atoms with Crippen LogP contribution in [0.2, 0.25) is 0 Å². The van der Waals surface area contributed by atoms with Gasteiger partial charge in [-0.2, -0.15) is 0 Å². The fourth-order valence-corrected chi connectivity index (χ4v) is 9.70. The van der Waals surface area contributed by atoms with Crippen LogP contribution >= 0.6 is 0 Å². The molecular weight excluding hydrogens is 791 g/mol. The Labute approximate surface area is 370 Å². The fourth-order valence-electron chi connectivity index (χ4n) is 9.70. The van der Waals surface area contributed by atoms with Gasteiger partial charge in [-0.05, 0) is 108 Å². The maximum atomic E-state index is 14.4. The quantitative estimate of drug-likeness (QED) is 0.0971. The van der Waals surface area contributed by atoms with Crippen molar-refractivity contribution >= 4 is 23.4 Å². The lowest BCUT2D eigenvalue weighted by atomic mass is 9.82. The molecule has 0 aromatic rings. The van der Waals surface area contributed by atoms with Crippen molar-refractivity contribution in [2.45, 2.75) is 167 Å². The molecule has 346 valence electrons. The van der Waals surface area contributed by atoms with Crippen LogP contribution < -0.4 is 0 Å². The third-order valence-corrected chi connectivity index (χ3v) is 13.5. The van der Waals surface area contributed by atoms with Crippen LogP contribution in [0.4, 0.5) is 0 Å². The molecule has 2 bridgehead atoms. The number of ether oxygens (including phenoxy) is 5. The summed E-state index contributed by atoms with van der Waals surface area (Å²) < 4.78 is 30.0. The molecule has 0 spiro atoms. The summed E-state index contributed by atoms with van der Waals surface area (Å²) in [6, 6.07) is -1.11. The van der Waals surface area contributed by atoms with E-state index in [0.29, 0.717) is 38.5 Å². The van der Waals surface area contributed by atoms with Gasteiger partial charge in [0.2, 0.25) is 5.79 Å². The summed E-state index contributed by atoms with van der Waals surface area (Å²) in [5.74, 6) is -7.40. The lowest BCUT2D eigenvalue weighted by Gasteiger charge is -2.45. The summed E-state index contributed by atoms with van der Waals surface area (Å²) in [4.78, 5) is 58.4. The van der Waals surface area contributed by atoms with Gasteiger partial charge in [-0.15, -0.1) is 0 Å². The molecule has 1 amide bonds. The van der Waals surface area contributed by atoms with E-state index in [1.807, 2.05) is 57.2 Å². The van der Waals surface area contributed by atoms with Gasteiger partial charge >= 0.3 is 5.97 Å². The number of nitrogens with zero attached hydrogens (tertiary/aromatic N) is 1. The highest BCUT2D eigenvalue weighted by Gasteiger charge is 2.55. The molecule has 3 fully saturated rings. The number of hydrogen-bond donors (Lipinski definition) is 2. The molecule has 0 radical (unpaired) electrons.